The molecule has 2 amide bonds. The third kappa shape index (κ3) is 4.86. The van der Waals surface area contributed by atoms with Crippen LogP contribution in [0.4, 0.5) is 5.69 Å². The first-order valence-electron chi connectivity index (χ1n) is 9.41. The van der Waals surface area contributed by atoms with Crippen molar-refractivity contribution in [2.45, 2.75) is 6.92 Å². The van der Waals surface area contributed by atoms with Crippen molar-refractivity contribution in [2.24, 2.45) is 0 Å². The number of methoxy groups -OCH3 is 1. The van der Waals surface area contributed by atoms with Gasteiger partial charge in [0, 0.05) is 17.6 Å². The van der Waals surface area contributed by atoms with Gasteiger partial charge in [-0.25, -0.2) is 0 Å². The molecule has 0 atom stereocenters. The third-order valence-corrected chi connectivity index (χ3v) is 4.68. The first-order chi connectivity index (χ1) is 14.4. The number of halogens is 1. The summed E-state index contributed by atoms with van der Waals surface area (Å²) in [5.41, 5.74) is 1.65. The number of benzene rings is 2. The number of likely N-dealkylation sites (N-methyl/N-ethyl adjacent to an activating group) is 1. The van der Waals surface area contributed by atoms with E-state index in [0.717, 1.165) is 5.56 Å². The number of hydrogen-bond acceptors (Lipinski definition) is 5. The Kier molecular flexibility index (Phi) is 6.84. The molecule has 2 aromatic carbocycles. The van der Waals surface area contributed by atoms with Gasteiger partial charge in [0.15, 0.2) is 11.5 Å². The summed E-state index contributed by atoms with van der Waals surface area (Å²) in [6.45, 7) is 2.37. The normalized spacial score (nSPS) is 12.2. The van der Waals surface area contributed by atoms with Crippen molar-refractivity contribution in [1.29, 1.82) is 0 Å². The summed E-state index contributed by atoms with van der Waals surface area (Å²) >= 11 is 5.99. The zero-order chi connectivity index (χ0) is 21.7. The number of nitrogens with one attached hydrogen (secondary N) is 1. The Hall–Kier alpha value is -3.19. The second kappa shape index (κ2) is 9.54. The van der Waals surface area contributed by atoms with Gasteiger partial charge in [-0.15, -0.1) is 0 Å². The van der Waals surface area contributed by atoms with Gasteiger partial charge < -0.3 is 24.4 Å². The fourth-order valence-electron chi connectivity index (χ4n) is 3.07. The fourth-order valence-corrected chi connectivity index (χ4v) is 3.24. The number of rotatable bonds is 7. The van der Waals surface area contributed by atoms with Gasteiger partial charge in [0.05, 0.1) is 31.5 Å². The summed E-state index contributed by atoms with van der Waals surface area (Å²) in [4.78, 5) is 26.6. The number of ether oxygens (including phenoxy) is 3. The maximum Gasteiger partial charge on any atom is 0.253 e. The van der Waals surface area contributed by atoms with E-state index in [1.165, 1.54) is 12.0 Å². The molecule has 0 aromatic heterocycles. The molecule has 0 bridgehead atoms. The monoisotopic (exact) mass is 430 g/mol. The quantitative estimate of drug-likeness (QED) is 0.726. The Morgan fingerprint density at radius 1 is 1.23 bits per heavy atom. The number of hydrogen-bond donors (Lipinski definition) is 1. The zero-order valence-electron chi connectivity index (χ0n) is 17.0. The van der Waals surface area contributed by atoms with Crippen molar-refractivity contribution in [3.05, 3.63) is 52.6 Å². The van der Waals surface area contributed by atoms with Crippen LogP contribution < -0.4 is 19.5 Å². The Bertz CT molecular complexity index is 989. The first-order valence-corrected chi connectivity index (χ1v) is 9.78. The summed E-state index contributed by atoms with van der Waals surface area (Å²) in [7, 11) is 3.06. The van der Waals surface area contributed by atoms with E-state index in [2.05, 4.69) is 5.32 Å². The molecule has 2 aromatic rings. The predicted octanol–water partition coefficient (Wildman–Crippen LogP) is 3.62. The standard InChI is InChI=1S/C22H23ClN2O5/c1-4-29-19-7-5-6-14-10-15(13-30-21(14)19)22(27)25(2)12-20(26)24-17-11-16(23)8-9-18(17)28-3/h5-11H,4,12-13H2,1-3H3,(H,24,26). The molecular formula is C22H23ClN2O5. The molecule has 0 saturated heterocycles. The molecule has 7 nitrogen and oxygen atoms in total. The van der Waals surface area contributed by atoms with Crippen LogP contribution in [0.3, 0.4) is 0 Å². The molecule has 0 unspecified atom stereocenters. The van der Waals surface area contributed by atoms with Gasteiger partial charge >= 0.3 is 0 Å². The molecule has 30 heavy (non-hydrogen) atoms. The van der Waals surface area contributed by atoms with Crippen LogP contribution in [0.15, 0.2) is 42.0 Å². The van der Waals surface area contributed by atoms with Gasteiger partial charge in [-0.1, -0.05) is 23.7 Å². The average Bonchev–Trinajstić information content (AvgIpc) is 2.73. The fraction of sp³-hybridized carbons (Fsp3) is 0.273. The maximum absolute atomic E-state index is 12.8. The second-order valence-electron chi connectivity index (χ2n) is 6.62. The molecular weight excluding hydrogens is 408 g/mol. The number of anilines is 1. The lowest BCUT2D eigenvalue weighted by atomic mass is 10.1. The van der Waals surface area contributed by atoms with E-state index in [1.807, 2.05) is 25.1 Å². The summed E-state index contributed by atoms with van der Waals surface area (Å²) < 4.78 is 16.5. The van der Waals surface area contributed by atoms with Crippen molar-refractivity contribution in [2.75, 3.05) is 39.2 Å². The number of amides is 2. The maximum atomic E-state index is 12.8. The number of carbonyl (C=O) groups excluding carboxylic acids is 2. The molecule has 0 saturated carbocycles. The van der Waals surface area contributed by atoms with Gasteiger partial charge in [0.2, 0.25) is 5.91 Å². The van der Waals surface area contributed by atoms with Gasteiger partial charge in [0.25, 0.3) is 5.91 Å². The van der Waals surface area contributed by atoms with Crippen LogP contribution in [-0.4, -0.2) is 50.6 Å². The lowest BCUT2D eigenvalue weighted by molar-refractivity contribution is -0.130. The molecule has 158 valence electrons. The molecule has 0 radical (unpaired) electrons. The highest BCUT2D eigenvalue weighted by Gasteiger charge is 2.23. The van der Waals surface area contributed by atoms with Crippen molar-refractivity contribution in [1.82, 2.24) is 4.90 Å². The van der Waals surface area contributed by atoms with Crippen LogP contribution in [0.25, 0.3) is 6.08 Å². The van der Waals surface area contributed by atoms with Crippen molar-refractivity contribution in [3.63, 3.8) is 0 Å². The molecule has 0 aliphatic carbocycles. The molecule has 0 fully saturated rings. The largest absolute Gasteiger partial charge is 0.495 e. The van der Waals surface area contributed by atoms with Crippen molar-refractivity contribution < 1.29 is 23.8 Å². The van der Waals surface area contributed by atoms with Gasteiger partial charge in [-0.05, 0) is 37.3 Å². The smallest absolute Gasteiger partial charge is 0.253 e. The Balaban J connectivity index is 1.68. The van der Waals surface area contributed by atoms with Crippen LogP contribution in [-0.2, 0) is 9.59 Å². The molecule has 1 aliphatic heterocycles. The molecule has 1 heterocycles. The number of fused-ring (bicyclic) bond motifs is 1. The van der Waals surface area contributed by atoms with E-state index >= 15 is 0 Å². The molecule has 8 heteroatoms. The molecule has 0 spiro atoms. The van der Waals surface area contributed by atoms with E-state index < -0.39 is 0 Å². The Morgan fingerprint density at radius 3 is 2.77 bits per heavy atom. The van der Waals surface area contributed by atoms with Gasteiger partial charge in [0.1, 0.15) is 12.4 Å². The predicted molar refractivity (Wildman–Crippen MR) is 115 cm³/mol. The van der Waals surface area contributed by atoms with Crippen LogP contribution in [0.5, 0.6) is 17.2 Å². The van der Waals surface area contributed by atoms with Crippen LogP contribution in [0, 0.1) is 0 Å². The minimum absolute atomic E-state index is 0.101. The van der Waals surface area contributed by atoms with E-state index in [-0.39, 0.29) is 25.0 Å². The highest BCUT2D eigenvalue weighted by molar-refractivity contribution is 6.31. The number of carbonyl (C=O) groups is 2. The van der Waals surface area contributed by atoms with Gasteiger partial charge in [-0.3, -0.25) is 9.59 Å². The summed E-state index contributed by atoms with van der Waals surface area (Å²) in [5.74, 6) is 1.07. The minimum Gasteiger partial charge on any atom is -0.495 e. The Labute approximate surface area is 180 Å². The lowest BCUT2D eigenvalue weighted by Crippen LogP contribution is -2.37. The Morgan fingerprint density at radius 2 is 2.03 bits per heavy atom. The van der Waals surface area contributed by atoms with Gasteiger partial charge in [-0.2, -0.15) is 0 Å². The topological polar surface area (TPSA) is 77.1 Å². The second-order valence-corrected chi connectivity index (χ2v) is 7.06. The molecule has 1 N–H and O–H groups in total. The molecule has 3 rings (SSSR count). The summed E-state index contributed by atoms with van der Waals surface area (Å²) in [5, 5.41) is 3.18. The molecule has 1 aliphatic rings. The third-order valence-electron chi connectivity index (χ3n) is 4.45. The summed E-state index contributed by atoms with van der Waals surface area (Å²) in [6.07, 6.45) is 1.76. The minimum atomic E-state index is -0.372. The van der Waals surface area contributed by atoms with E-state index in [4.69, 9.17) is 25.8 Å². The van der Waals surface area contributed by atoms with E-state index in [0.29, 0.717) is 40.1 Å². The van der Waals surface area contributed by atoms with Crippen molar-refractivity contribution in [3.8, 4) is 17.2 Å². The van der Waals surface area contributed by atoms with Crippen LogP contribution >= 0.6 is 11.6 Å². The highest BCUT2D eigenvalue weighted by atomic mass is 35.5. The lowest BCUT2D eigenvalue weighted by Gasteiger charge is -2.23. The zero-order valence-corrected chi connectivity index (χ0v) is 17.8. The first kappa shape index (κ1) is 21.5. The number of nitrogens with zero attached hydrogens (tertiary/aromatic N) is 1. The number of para-hydroxylation sites is 1. The average molecular weight is 431 g/mol. The van der Waals surface area contributed by atoms with Crippen LogP contribution in [0.1, 0.15) is 12.5 Å². The highest BCUT2D eigenvalue weighted by Crippen LogP contribution is 2.36. The van der Waals surface area contributed by atoms with E-state index in [1.54, 1.807) is 31.3 Å². The SMILES string of the molecule is CCOc1cccc2c1OCC(C(=O)N(C)CC(=O)Nc1cc(Cl)ccc1OC)=C2. The summed E-state index contributed by atoms with van der Waals surface area (Å²) in [6, 6.07) is 10.4. The van der Waals surface area contributed by atoms with Crippen LogP contribution in [0.2, 0.25) is 5.02 Å². The van der Waals surface area contributed by atoms with E-state index in [9.17, 15) is 9.59 Å². The van der Waals surface area contributed by atoms with Crippen molar-refractivity contribution >= 4 is 35.2 Å².